The van der Waals surface area contributed by atoms with E-state index in [4.69, 9.17) is 46.9 Å². The summed E-state index contributed by atoms with van der Waals surface area (Å²) in [5.74, 6) is 2.55. The SMILES string of the molecule is COC(=O)c1ccc2c(c1)Oc1ccc(OCc3c(-c4c(Cl)cccc4Cl)noc3C3CC3)nc1C1(CC1)C2. The van der Waals surface area contributed by atoms with E-state index in [0.717, 1.165) is 54.7 Å². The van der Waals surface area contributed by atoms with Crippen molar-refractivity contribution in [2.24, 2.45) is 0 Å². The van der Waals surface area contributed by atoms with Gasteiger partial charge in [-0.15, -0.1) is 0 Å². The molecule has 39 heavy (non-hydrogen) atoms. The van der Waals surface area contributed by atoms with Gasteiger partial charge in [0, 0.05) is 23.0 Å². The van der Waals surface area contributed by atoms with E-state index in [1.54, 1.807) is 36.4 Å². The first-order chi connectivity index (χ1) is 19.0. The summed E-state index contributed by atoms with van der Waals surface area (Å²) in [6, 6.07) is 14.5. The Bertz CT molecular complexity index is 1600. The molecule has 0 bridgehead atoms. The molecule has 0 atom stereocenters. The normalized spacial score (nSPS) is 16.6. The molecule has 3 heterocycles. The minimum absolute atomic E-state index is 0.112. The zero-order valence-electron chi connectivity index (χ0n) is 21.1. The lowest BCUT2D eigenvalue weighted by molar-refractivity contribution is 0.0600. The number of halogens is 2. The van der Waals surface area contributed by atoms with E-state index in [1.807, 2.05) is 12.1 Å². The predicted octanol–water partition coefficient (Wildman–Crippen LogP) is 7.67. The van der Waals surface area contributed by atoms with Gasteiger partial charge in [-0.2, -0.15) is 0 Å². The van der Waals surface area contributed by atoms with Crippen molar-refractivity contribution in [1.29, 1.82) is 0 Å². The van der Waals surface area contributed by atoms with Crippen LogP contribution in [0.25, 0.3) is 11.3 Å². The molecule has 0 amide bonds. The Kier molecular flexibility index (Phi) is 5.83. The molecule has 3 aliphatic rings. The Labute approximate surface area is 235 Å². The number of benzene rings is 2. The van der Waals surface area contributed by atoms with Gasteiger partial charge in [0.25, 0.3) is 0 Å². The van der Waals surface area contributed by atoms with Gasteiger partial charge in [-0.1, -0.05) is 40.5 Å². The molecule has 0 saturated heterocycles. The second-order valence-electron chi connectivity index (χ2n) is 10.4. The Morgan fingerprint density at radius 3 is 2.59 bits per heavy atom. The average molecular weight is 563 g/mol. The molecule has 2 saturated carbocycles. The smallest absolute Gasteiger partial charge is 0.337 e. The number of hydrogen-bond donors (Lipinski definition) is 0. The van der Waals surface area contributed by atoms with E-state index in [2.05, 4.69) is 5.16 Å². The van der Waals surface area contributed by atoms with Gasteiger partial charge in [0.15, 0.2) is 0 Å². The van der Waals surface area contributed by atoms with Gasteiger partial charge in [0.05, 0.1) is 34.0 Å². The molecule has 2 aromatic heterocycles. The maximum atomic E-state index is 12.1. The number of rotatable bonds is 6. The fourth-order valence-corrected chi connectivity index (χ4v) is 5.91. The van der Waals surface area contributed by atoms with E-state index < -0.39 is 5.97 Å². The summed E-state index contributed by atoms with van der Waals surface area (Å²) in [6.45, 7) is 0.217. The standard InChI is InChI=1S/C30H24Cl2N2O5/c1-36-29(35)17-7-8-18-14-30(11-12-30)28-22(38-23(18)13-17)9-10-24(33-28)37-15-19-26(34-39-27(19)16-5-6-16)25-20(31)3-2-4-21(25)32/h2-4,7-10,13,16H,5-6,11-12,14-15H2,1H3. The van der Waals surface area contributed by atoms with Gasteiger partial charge in [0.1, 0.15) is 29.6 Å². The van der Waals surface area contributed by atoms with Crippen LogP contribution >= 0.6 is 23.2 Å². The molecule has 2 fully saturated rings. The van der Waals surface area contributed by atoms with Gasteiger partial charge < -0.3 is 18.7 Å². The van der Waals surface area contributed by atoms with Crippen molar-refractivity contribution >= 4 is 29.2 Å². The molecule has 0 unspecified atom stereocenters. The van der Waals surface area contributed by atoms with Crippen LogP contribution in [0.1, 0.15) is 64.5 Å². The number of fused-ring (bicyclic) bond motifs is 3. The first-order valence-corrected chi connectivity index (χ1v) is 13.7. The largest absolute Gasteiger partial charge is 0.473 e. The summed E-state index contributed by atoms with van der Waals surface area (Å²) in [6.07, 6.45) is 4.88. The predicted molar refractivity (Wildman–Crippen MR) is 145 cm³/mol. The third-order valence-electron chi connectivity index (χ3n) is 7.76. The number of hydrogen-bond acceptors (Lipinski definition) is 7. The van der Waals surface area contributed by atoms with E-state index in [9.17, 15) is 4.79 Å². The third kappa shape index (κ3) is 4.34. The van der Waals surface area contributed by atoms with Crippen molar-refractivity contribution in [3.8, 4) is 28.6 Å². The van der Waals surface area contributed by atoms with Crippen molar-refractivity contribution in [3.63, 3.8) is 0 Å². The van der Waals surface area contributed by atoms with Gasteiger partial charge in [-0.05, 0) is 68.0 Å². The fourth-order valence-electron chi connectivity index (χ4n) is 5.34. The Balaban J connectivity index is 1.20. The Morgan fingerprint density at radius 2 is 1.87 bits per heavy atom. The lowest BCUT2D eigenvalue weighted by Gasteiger charge is -2.15. The lowest BCUT2D eigenvalue weighted by atomic mass is 9.92. The second kappa shape index (κ2) is 9.28. The van der Waals surface area contributed by atoms with Crippen LogP contribution in [0.4, 0.5) is 0 Å². The topological polar surface area (TPSA) is 83.7 Å². The fraction of sp³-hybridized carbons (Fsp3) is 0.300. The molecule has 4 aromatic rings. The van der Waals surface area contributed by atoms with Crippen molar-refractivity contribution in [3.05, 3.63) is 86.7 Å². The molecule has 1 aliphatic heterocycles. The van der Waals surface area contributed by atoms with Gasteiger partial charge in [-0.25, -0.2) is 9.78 Å². The van der Waals surface area contributed by atoms with Crippen molar-refractivity contribution < 1.29 is 23.5 Å². The quantitative estimate of drug-likeness (QED) is 0.223. The first kappa shape index (κ1) is 24.5. The minimum Gasteiger partial charge on any atom is -0.473 e. The minimum atomic E-state index is -0.398. The monoisotopic (exact) mass is 562 g/mol. The zero-order valence-corrected chi connectivity index (χ0v) is 22.6. The highest BCUT2D eigenvalue weighted by molar-refractivity contribution is 6.39. The highest BCUT2D eigenvalue weighted by Crippen LogP contribution is 2.56. The molecule has 7 nitrogen and oxygen atoms in total. The summed E-state index contributed by atoms with van der Waals surface area (Å²) in [7, 11) is 1.37. The molecular formula is C30H24Cl2N2O5. The van der Waals surface area contributed by atoms with Crippen LogP contribution < -0.4 is 9.47 Å². The van der Waals surface area contributed by atoms with E-state index in [-0.39, 0.29) is 12.0 Å². The zero-order chi connectivity index (χ0) is 26.7. The van der Waals surface area contributed by atoms with Crippen LogP contribution in [-0.4, -0.2) is 23.2 Å². The number of aromatic nitrogens is 2. The molecule has 0 N–H and O–H groups in total. The van der Waals surface area contributed by atoms with Gasteiger partial charge in [-0.3, -0.25) is 0 Å². The van der Waals surface area contributed by atoms with E-state index in [0.29, 0.717) is 50.2 Å². The van der Waals surface area contributed by atoms with Crippen LogP contribution in [-0.2, 0) is 23.2 Å². The second-order valence-corrected chi connectivity index (χ2v) is 11.2. The van der Waals surface area contributed by atoms with Crippen LogP contribution in [0.15, 0.2) is 53.1 Å². The Morgan fingerprint density at radius 1 is 1.08 bits per heavy atom. The number of methoxy groups -OCH3 is 1. The van der Waals surface area contributed by atoms with Crippen LogP contribution in [0.3, 0.4) is 0 Å². The van der Waals surface area contributed by atoms with E-state index in [1.165, 1.54) is 7.11 Å². The highest BCUT2D eigenvalue weighted by atomic mass is 35.5. The number of carbonyl (C=O) groups excluding carboxylic acids is 1. The lowest BCUT2D eigenvalue weighted by Crippen LogP contribution is -2.12. The summed E-state index contributed by atoms with van der Waals surface area (Å²) >= 11 is 13.0. The van der Waals surface area contributed by atoms with E-state index >= 15 is 0 Å². The summed E-state index contributed by atoms with van der Waals surface area (Å²) in [5, 5.41) is 5.36. The van der Waals surface area contributed by atoms with Gasteiger partial charge in [0.2, 0.25) is 5.88 Å². The molecule has 2 aliphatic carbocycles. The van der Waals surface area contributed by atoms with Gasteiger partial charge >= 0.3 is 5.97 Å². The van der Waals surface area contributed by atoms with Crippen LogP contribution in [0, 0.1) is 0 Å². The number of pyridine rings is 1. The number of ether oxygens (including phenoxy) is 3. The molecule has 0 radical (unpaired) electrons. The number of nitrogens with zero attached hydrogens (tertiary/aromatic N) is 2. The molecule has 2 aromatic carbocycles. The number of carbonyl (C=O) groups is 1. The molecule has 1 spiro atoms. The summed E-state index contributed by atoms with van der Waals surface area (Å²) in [4.78, 5) is 17.0. The van der Waals surface area contributed by atoms with Crippen molar-refractivity contribution in [1.82, 2.24) is 10.1 Å². The van der Waals surface area contributed by atoms with Crippen LogP contribution in [0.2, 0.25) is 10.0 Å². The van der Waals surface area contributed by atoms with Crippen molar-refractivity contribution in [2.75, 3.05) is 7.11 Å². The molecule has 7 rings (SSSR count). The number of esters is 1. The van der Waals surface area contributed by atoms with Crippen LogP contribution in [0.5, 0.6) is 17.4 Å². The highest BCUT2D eigenvalue weighted by Gasteiger charge is 2.49. The molecular weight excluding hydrogens is 539 g/mol. The third-order valence-corrected chi connectivity index (χ3v) is 8.39. The molecule has 198 valence electrons. The first-order valence-electron chi connectivity index (χ1n) is 12.9. The maximum absolute atomic E-state index is 12.1. The summed E-state index contributed by atoms with van der Waals surface area (Å²) < 4.78 is 23.2. The Hall–Kier alpha value is -3.55. The van der Waals surface area contributed by atoms with Crippen molar-refractivity contribution in [2.45, 2.75) is 50.0 Å². The molecule has 9 heteroatoms. The average Bonchev–Trinajstić information content (AvgIpc) is 3.88. The maximum Gasteiger partial charge on any atom is 0.337 e. The summed E-state index contributed by atoms with van der Waals surface area (Å²) in [5.41, 5.74) is 4.33.